The molecule has 0 aromatic carbocycles. The molecule has 4 aliphatic heterocycles. The molecule has 33 heavy (non-hydrogen) atoms. The molecule has 7 heterocycles. The molecule has 15 heteroatoms. The summed E-state index contributed by atoms with van der Waals surface area (Å²) in [6.07, 6.45) is -4.79. The number of imidazole rings is 1. The fraction of sp³-hybridized carbons (Fsp3) is 0.611. The number of hydrogen-bond donors (Lipinski definition) is 4. The predicted octanol–water partition coefficient (Wildman–Crippen LogP) is -3.48. The lowest BCUT2D eigenvalue weighted by atomic mass is 10.00. The van der Waals surface area contributed by atoms with Gasteiger partial charge < -0.3 is 34.6 Å². The van der Waals surface area contributed by atoms with Crippen molar-refractivity contribution in [1.29, 1.82) is 0 Å². The van der Waals surface area contributed by atoms with E-state index in [1.165, 1.54) is 28.2 Å². The van der Waals surface area contributed by atoms with Gasteiger partial charge in [-0.25, -0.2) is 9.97 Å². The Kier molecular flexibility index (Phi) is 4.80. The molecule has 0 saturated carbocycles. The normalized spacial score (nSPS) is 36.5. The van der Waals surface area contributed by atoms with Crippen molar-refractivity contribution in [3.8, 4) is 0 Å². The number of hydrogen-bond acceptors (Lipinski definition) is 12. The van der Waals surface area contributed by atoms with Gasteiger partial charge in [-0.3, -0.25) is 9.36 Å². The van der Waals surface area contributed by atoms with E-state index in [4.69, 9.17) is 14.2 Å². The van der Waals surface area contributed by atoms with Gasteiger partial charge in [-0.2, -0.15) is 9.47 Å². The van der Waals surface area contributed by atoms with Gasteiger partial charge in [0, 0.05) is 6.42 Å². The quantitative estimate of drug-likeness (QED) is 0.258. The highest BCUT2D eigenvalue weighted by molar-refractivity contribution is 5.69. The molecule has 10 bridgehead atoms. The number of rotatable bonds is 0. The zero-order chi connectivity index (χ0) is 22.9. The summed E-state index contributed by atoms with van der Waals surface area (Å²) in [6, 6.07) is 0. The second kappa shape index (κ2) is 7.63. The van der Waals surface area contributed by atoms with Crippen LogP contribution >= 0.6 is 0 Å². The van der Waals surface area contributed by atoms with Crippen LogP contribution in [0.2, 0.25) is 0 Å². The van der Waals surface area contributed by atoms with Crippen LogP contribution in [-0.2, 0) is 20.8 Å². The summed E-state index contributed by atoms with van der Waals surface area (Å²) in [5, 5.41) is 49.9. The monoisotopic (exact) mass is 463 g/mol. The van der Waals surface area contributed by atoms with Crippen LogP contribution in [0, 0.1) is 0 Å². The molecule has 3 aromatic heterocycles. The highest BCUT2D eigenvalue weighted by atomic mass is 16.6. The first-order valence-electron chi connectivity index (χ1n) is 10.4. The van der Waals surface area contributed by atoms with E-state index in [0.717, 1.165) is 4.68 Å². The van der Waals surface area contributed by atoms with E-state index in [1.807, 2.05) is 0 Å². The maximum atomic E-state index is 13.0. The van der Waals surface area contributed by atoms with Crippen LogP contribution in [0.15, 0.2) is 23.6 Å². The average Bonchev–Trinajstić information content (AvgIpc) is 3.55. The minimum Gasteiger partial charge on any atom is -0.388 e. The van der Waals surface area contributed by atoms with Crippen molar-refractivity contribution >= 4 is 11.2 Å². The molecule has 0 spiro atoms. The smallest absolute Gasteiger partial charge is 0.302 e. The summed E-state index contributed by atoms with van der Waals surface area (Å²) in [4.78, 5) is 22.5. The zero-order valence-electron chi connectivity index (χ0n) is 17.0. The van der Waals surface area contributed by atoms with E-state index in [9.17, 15) is 25.2 Å². The molecule has 0 unspecified atom stereocenters. The van der Waals surface area contributed by atoms with E-state index in [0.29, 0.717) is 5.69 Å². The Morgan fingerprint density at radius 3 is 2.55 bits per heavy atom. The summed E-state index contributed by atoms with van der Waals surface area (Å²) in [5.41, 5.74) is 0.0298. The molecule has 2 saturated heterocycles. The van der Waals surface area contributed by atoms with E-state index in [2.05, 4.69) is 20.3 Å². The van der Waals surface area contributed by atoms with Crippen LogP contribution in [0.5, 0.6) is 0 Å². The van der Waals surface area contributed by atoms with E-state index in [-0.39, 0.29) is 30.8 Å². The summed E-state index contributed by atoms with van der Waals surface area (Å²) >= 11 is 0. The number of aliphatic hydroxyl groups is 4. The Morgan fingerprint density at radius 1 is 0.939 bits per heavy atom. The Balaban J connectivity index is 1.43. The molecule has 0 radical (unpaired) electrons. The summed E-state index contributed by atoms with van der Waals surface area (Å²) in [7, 11) is 0. The number of ether oxygens (including phenoxy) is 3. The third-order valence-corrected chi connectivity index (χ3v) is 6.29. The Morgan fingerprint density at radius 2 is 1.70 bits per heavy atom. The van der Waals surface area contributed by atoms with Gasteiger partial charge in [0.15, 0.2) is 17.4 Å². The van der Waals surface area contributed by atoms with E-state index >= 15 is 0 Å². The average molecular weight is 463 g/mol. The first kappa shape index (κ1) is 20.8. The highest BCUT2D eigenvalue weighted by Crippen LogP contribution is 2.35. The van der Waals surface area contributed by atoms with Crippen LogP contribution in [0.1, 0.15) is 18.3 Å². The number of fused-ring (bicyclic) bond motifs is 3. The molecular formula is C18H21N7O8. The van der Waals surface area contributed by atoms with Gasteiger partial charge in [-0.15, -0.1) is 5.10 Å². The second-order valence-electron chi connectivity index (χ2n) is 8.34. The molecule has 0 amide bonds. The van der Waals surface area contributed by atoms with Crippen molar-refractivity contribution in [2.75, 3.05) is 6.61 Å². The molecule has 2 fully saturated rings. The van der Waals surface area contributed by atoms with Crippen LogP contribution in [0.4, 0.5) is 0 Å². The van der Waals surface area contributed by atoms with Gasteiger partial charge in [0.1, 0.15) is 42.5 Å². The molecular weight excluding hydrogens is 442 g/mol. The first-order valence-corrected chi connectivity index (χ1v) is 10.4. The zero-order valence-corrected chi connectivity index (χ0v) is 17.0. The summed E-state index contributed by atoms with van der Waals surface area (Å²) in [5.74, 6) is 0. The van der Waals surface area contributed by atoms with Crippen molar-refractivity contribution in [2.24, 2.45) is 0 Å². The largest absolute Gasteiger partial charge is 0.388 e. The predicted molar refractivity (Wildman–Crippen MR) is 103 cm³/mol. The number of aliphatic hydroxyl groups excluding tert-OH is 4. The third-order valence-electron chi connectivity index (χ3n) is 6.29. The fourth-order valence-electron chi connectivity index (χ4n) is 4.52. The molecule has 8 atom stereocenters. The van der Waals surface area contributed by atoms with Crippen LogP contribution < -0.4 is 5.56 Å². The van der Waals surface area contributed by atoms with Crippen molar-refractivity contribution in [3.63, 3.8) is 0 Å². The van der Waals surface area contributed by atoms with Crippen LogP contribution in [-0.4, -0.2) is 104 Å². The molecule has 176 valence electrons. The molecule has 4 aliphatic rings. The van der Waals surface area contributed by atoms with E-state index < -0.39 is 54.5 Å². The van der Waals surface area contributed by atoms with Gasteiger partial charge >= 0.3 is 5.56 Å². The molecule has 3 aromatic rings. The van der Waals surface area contributed by atoms with Gasteiger partial charge in [-0.05, 0) is 5.21 Å². The van der Waals surface area contributed by atoms with Gasteiger partial charge in [0.25, 0.3) is 0 Å². The van der Waals surface area contributed by atoms with E-state index in [1.54, 1.807) is 0 Å². The molecule has 4 N–H and O–H groups in total. The van der Waals surface area contributed by atoms with Gasteiger partial charge in [0.2, 0.25) is 0 Å². The second-order valence-corrected chi connectivity index (χ2v) is 8.34. The highest BCUT2D eigenvalue weighted by Gasteiger charge is 2.49. The summed E-state index contributed by atoms with van der Waals surface area (Å²) < 4.78 is 19.7. The number of nitrogens with zero attached hydrogens (tertiary/aromatic N) is 7. The maximum absolute atomic E-state index is 13.0. The Bertz CT molecular complexity index is 1240. The molecule has 15 nitrogen and oxygen atoms in total. The standard InChI is InChI=1S/C18H21N7O8/c26-12-8-1-9-13(27)15(29)18(33-9)23-5-19-11-16(23)20-6-24(17(11)30)25-2-7(21-22-25)3-31-4-10(32-8)14(12)28/h2,5-6,8-10,12-15,18,26-29H,1,3-4H2/t8-,9+,10+,12-,13+,14+,15+,18+/m0/s1. The van der Waals surface area contributed by atoms with Crippen molar-refractivity contribution in [1.82, 2.24) is 34.3 Å². The Hall–Kier alpha value is -2.79. The molecule has 7 rings (SSSR count). The first-order chi connectivity index (χ1) is 15.9. The Labute approximate surface area is 184 Å². The third kappa shape index (κ3) is 3.20. The molecule has 0 aliphatic carbocycles. The van der Waals surface area contributed by atoms with Gasteiger partial charge in [0.05, 0.1) is 37.9 Å². The lowest BCUT2D eigenvalue weighted by Crippen LogP contribution is -2.38. The van der Waals surface area contributed by atoms with Crippen molar-refractivity contribution in [3.05, 3.63) is 34.9 Å². The topological polar surface area (TPSA) is 192 Å². The van der Waals surface area contributed by atoms with Gasteiger partial charge in [-0.1, -0.05) is 0 Å². The van der Waals surface area contributed by atoms with Crippen molar-refractivity contribution < 1.29 is 34.6 Å². The number of aromatic nitrogens is 7. The lowest BCUT2D eigenvalue weighted by molar-refractivity contribution is -0.0814. The van der Waals surface area contributed by atoms with Crippen LogP contribution in [0.3, 0.4) is 0 Å². The fourth-order valence-corrected chi connectivity index (χ4v) is 4.52. The maximum Gasteiger partial charge on any atom is 0.302 e. The minimum atomic E-state index is -1.36. The van der Waals surface area contributed by atoms with Crippen molar-refractivity contribution in [2.45, 2.75) is 62.0 Å². The summed E-state index contributed by atoms with van der Waals surface area (Å²) in [6.45, 7) is -0.0202. The SMILES string of the molecule is O=c1c2ncn3c2ncn1-n1cc(nn1)COC[C@H]1O[C@@H](C[C@H]2O[C@@H]3[C@H](O)[C@@H]2O)[C@H](O)[C@@H]1O. The minimum absolute atomic E-state index is 0.00108. The van der Waals surface area contributed by atoms with Crippen LogP contribution in [0.25, 0.3) is 11.2 Å². The lowest BCUT2D eigenvalue weighted by Gasteiger charge is -2.21.